The number of nitrogens with one attached hydrogen (secondary N) is 2. The Morgan fingerprint density at radius 2 is 2.25 bits per heavy atom. The summed E-state index contributed by atoms with van der Waals surface area (Å²) in [5, 5.41) is 1.01. The third-order valence-electron chi connectivity index (χ3n) is 0.546. The highest BCUT2D eigenvalue weighted by molar-refractivity contribution is 8.03. The maximum absolute atomic E-state index is 3.64. The second kappa shape index (κ2) is 5.00. The molecule has 0 aromatic carbocycles. The minimum atomic E-state index is 0.943. The predicted molar refractivity (Wildman–Crippen MR) is 39.2 cm³/mol. The van der Waals surface area contributed by atoms with E-state index >= 15 is 0 Å². The second-order valence-electron chi connectivity index (χ2n) is 1.01. The molecule has 48 valence electrons. The van der Waals surface area contributed by atoms with Crippen molar-refractivity contribution in [2.75, 3.05) is 5.88 Å². The third-order valence-corrected chi connectivity index (χ3v) is 1.29. The van der Waals surface area contributed by atoms with Gasteiger partial charge in [-0.15, -0.1) is 0 Å². The molecule has 0 saturated carbocycles. The topological polar surface area (TPSA) is 24.1 Å². The Kier molecular flexibility index (Phi) is 4.90. The molecule has 0 spiro atoms. The van der Waals surface area contributed by atoms with Crippen LogP contribution in [0.25, 0.3) is 0 Å². The van der Waals surface area contributed by atoms with Gasteiger partial charge in [-0.05, 0) is 0 Å². The Morgan fingerprint density at radius 1 is 1.62 bits per heavy atom. The molecule has 0 aliphatic carbocycles. The SMILES string of the molecule is C=C1NNCS1.CC. The van der Waals surface area contributed by atoms with Gasteiger partial charge in [-0.3, -0.25) is 0 Å². The molecule has 2 nitrogen and oxygen atoms in total. The molecule has 3 heteroatoms. The number of hydrazine groups is 1. The fraction of sp³-hybridized carbons (Fsp3) is 0.600. The first kappa shape index (κ1) is 7.85. The zero-order valence-corrected chi connectivity index (χ0v) is 6.14. The average Bonchev–Trinajstić information content (AvgIpc) is 2.24. The van der Waals surface area contributed by atoms with E-state index in [0.717, 1.165) is 10.9 Å². The Hall–Kier alpha value is -0.150. The molecule has 1 rings (SSSR count). The zero-order chi connectivity index (χ0) is 6.41. The van der Waals surface area contributed by atoms with E-state index in [1.807, 2.05) is 13.8 Å². The van der Waals surface area contributed by atoms with Crippen molar-refractivity contribution in [3.8, 4) is 0 Å². The van der Waals surface area contributed by atoms with Crippen molar-refractivity contribution < 1.29 is 0 Å². The summed E-state index contributed by atoms with van der Waals surface area (Å²) in [5.41, 5.74) is 5.72. The van der Waals surface area contributed by atoms with Gasteiger partial charge in [0.05, 0.1) is 10.9 Å². The number of hydrogen-bond donors (Lipinski definition) is 2. The Balaban J connectivity index is 0.000000222. The van der Waals surface area contributed by atoms with Crippen LogP contribution in [0, 0.1) is 0 Å². The average molecular weight is 132 g/mol. The summed E-state index contributed by atoms with van der Waals surface area (Å²) in [5.74, 6) is 0.943. The van der Waals surface area contributed by atoms with E-state index < -0.39 is 0 Å². The van der Waals surface area contributed by atoms with E-state index in [4.69, 9.17) is 0 Å². The van der Waals surface area contributed by atoms with Gasteiger partial charge in [-0.25, -0.2) is 5.43 Å². The Labute approximate surface area is 54.7 Å². The van der Waals surface area contributed by atoms with Crippen molar-refractivity contribution in [3.05, 3.63) is 11.6 Å². The molecule has 1 saturated heterocycles. The van der Waals surface area contributed by atoms with Gasteiger partial charge in [0.25, 0.3) is 0 Å². The largest absolute Gasteiger partial charge is 0.315 e. The van der Waals surface area contributed by atoms with E-state index in [1.54, 1.807) is 11.8 Å². The lowest BCUT2D eigenvalue weighted by Gasteiger charge is -1.86. The van der Waals surface area contributed by atoms with Gasteiger partial charge in [0, 0.05) is 0 Å². The van der Waals surface area contributed by atoms with E-state index in [0.29, 0.717) is 0 Å². The van der Waals surface area contributed by atoms with Gasteiger partial charge < -0.3 is 5.43 Å². The first-order valence-corrected chi connectivity index (χ1v) is 3.69. The van der Waals surface area contributed by atoms with Crippen LogP contribution < -0.4 is 10.9 Å². The molecule has 0 atom stereocenters. The van der Waals surface area contributed by atoms with Crippen LogP contribution >= 0.6 is 11.8 Å². The van der Waals surface area contributed by atoms with Gasteiger partial charge in [0.15, 0.2) is 0 Å². The maximum Gasteiger partial charge on any atom is 0.0764 e. The lowest BCUT2D eigenvalue weighted by atomic mass is 11.0. The third kappa shape index (κ3) is 2.93. The highest BCUT2D eigenvalue weighted by Crippen LogP contribution is 2.10. The van der Waals surface area contributed by atoms with Crippen molar-refractivity contribution in [1.29, 1.82) is 0 Å². The minimum Gasteiger partial charge on any atom is -0.315 e. The van der Waals surface area contributed by atoms with Crippen molar-refractivity contribution >= 4 is 11.8 Å². The van der Waals surface area contributed by atoms with E-state index in [1.165, 1.54) is 0 Å². The van der Waals surface area contributed by atoms with Gasteiger partial charge in [0.1, 0.15) is 0 Å². The number of hydrogen-bond acceptors (Lipinski definition) is 3. The van der Waals surface area contributed by atoms with E-state index in [2.05, 4.69) is 17.4 Å². The first-order valence-electron chi connectivity index (χ1n) is 2.70. The molecule has 0 aromatic rings. The summed E-state index contributed by atoms with van der Waals surface area (Å²) in [7, 11) is 0. The molecular weight excluding hydrogens is 120 g/mol. The number of thioether (sulfide) groups is 1. The van der Waals surface area contributed by atoms with Crippen molar-refractivity contribution in [2.45, 2.75) is 13.8 Å². The monoisotopic (exact) mass is 132 g/mol. The molecule has 1 aliphatic heterocycles. The van der Waals surface area contributed by atoms with Crippen LogP contribution in [0.5, 0.6) is 0 Å². The highest BCUT2D eigenvalue weighted by atomic mass is 32.2. The van der Waals surface area contributed by atoms with Gasteiger partial charge in [-0.2, -0.15) is 0 Å². The number of rotatable bonds is 0. The van der Waals surface area contributed by atoms with Crippen molar-refractivity contribution in [2.24, 2.45) is 0 Å². The fourth-order valence-corrected chi connectivity index (χ4v) is 0.757. The molecule has 8 heavy (non-hydrogen) atoms. The fourth-order valence-electron chi connectivity index (χ4n) is 0.294. The summed E-state index contributed by atoms with van der Waals surface area (Å²) in [6.45, 7) is 7.64. The molecule has 0 radical (unpaired) electrons. The highest BCUT2D eigenvalue weighted by Gasteiger charge is 1.98. The summed E-state index contributed by atoms with van der Waals surface area (Å²) in [6.07, 6.45) is 0. The molecular formula is C5H12N2S. The predicted octanol–water partition coefficient (Wildman–Crippen LogP) is 1.28. The van der Waals surface area contributed by atoms with Gasteiger partial charge >= 0.3 is 0 Å². The Morgan fingerprint density at radius 3 is 2.38 bits per heavy atom. The van der Waals surface area contributed by atoms with Crippen LogP contribution in [0.15, 0.2) is 11.6 Å². The first-order chi connectivity index (χ1) is 3.89. The van der Waals surface area contributed by atoms with Crippen LogP contribution in [0.2, 0.25) is 0 Å². The molecule has 1 fully saturated rings. The van der Waals surface area contributed by atoms with E-state index in [-0.39, 0.29) is 0 Å². The standard InChI is InChI=1S/C3H6N2S.C2H6/c1-3-5-4-2-6-3;1-2/h4-5H,1-2H2;1-2H3. The summed E-state index contributed by atoms with van der Waals surface area (Å²) < 4.78 is 0. The molecule has 1 heterocycles. The molecule has 0 amide bonds. The summed E-state index contributed by atoms with van der Waals surface area (Å²) in [6, 6.07) is 0. The zero-order valence-electron chi connectivity index (χ0n) is 5.32. The van der Waals surface area contributed by atoms with Crippen LogP contribution in [-0.4, -0.2) is 5.88 Å². The normalized spacial score (nSPS) is 16.5. The van der Waals surface area contributed by atoms with Crippen LogP contribution in [-0.2, 0) is 0 Å². The van der Waals surface area contributed by atoms with E-state index in [9.17, 15) is 0 Å². The quantitative estimate of drug-likeness (QED) is 0.519. The van der Waals surface area contributed by atoms with Gasteiger partial charge in [-0.1, -0.05) is 32.2 Å². The van der Waals surface area contributed by atoms with Crippen LogP contribution in [0.1, 0.15) is 13.8 Å². The smallest absolute Gasteiger partial charge is 0.0764 e. The van der Waals surface area contributed by atoms with Crippen molar-refractivity contribution in [3.63, 3.8) is 0 Å². The maximum atomic E-state index is 3.64. The van der Waals surface area contributed by atoms with Crippen LogP contribution in [0.3, 0.4) is 0 Å². The van der Waals surface area contributed by atoms with Crippen molar-refractivity contribution in [1.82, 2.24) is 10.9 Å². The van der Waals surface area contributed by atoms with Gasteiger partial charge in [0.2, 0.25) is 0 Å². The molecule has 0 unspecified atom stereocenters. The lowest BCUT2D eigenvalue weighted by Crippen LogP contribution is -2.19. The van der Waals surface area contributed by atoms with Crippen LogP contribution in [0.4, 0.5) is 0 Å². The second-order valence-corrected chi connectivity index (χ2v) is 2.08. The molecule has 1 aliphatic rings. The molecule has 0 aromatic heterocycles. The Bertz CT molecular complexity index is 64.8. The summed E-state index contributed by atoms with van der Waals surface area (Å²) >= 11 is 1.68. The molecule has 2 N–H and O–H groups in total. The summed E-state index contributed by atoms with van der Waals surface area (Å²) in [4.78, 5) is 0. The molecule has 0 bridgehead atoms. The lowest BCUT2D eigenvalue weighted by molar-refractivity contribution is 0.731. The minimum absolute atomic E-state index is 0.943.